The predicted octanol–water partition coefficient (Wildman–Crippen LogP) is 1.82. The summed E-state index contributed by atoms with van der Waals surface area (Å²) in [4.78, 5) is 36.8. The summed E-state index contributed by atoms with van der Waals surface area (Å²) in [6.07, 6.45) is -0.886. The minimum absolute atomic E-state index is 0.0152. The summed E-state index contributed by atoms with van der Waals surface area (Å²) < 4.78 is 6.56. The van der Waals surface area contributed by atoms with E-state index in [1.54, 1.807) is 48.5 Å². The summed E-state index contributed by atoms with van der Waals surface area (Å²) in [5, 5.41) is 5.22. The van der Waals surface area contributed by atoms with Crippen molar-refractivity contribution >= 4 is 34.2 Å². The Bertz CT molecular complexity index is 1110. The molecule has 0 saturated carbocycles. The zero-order valence-electron chi connectivity index (χ0n) is 15.1. The number of nitrogens with one attached hydrogen (secondary N) is 2. The number of rotatable bonds is 4. The Labute approximate surface area is 165 Å². The molecule has 2 aromatic carbocycles. The van der Waals surface area contributed by atoms with E-state index in [4.69, 9.17) is 16.3 Å². The molecular formula is C19H17ClN4O4. The molecule has 3 aromatic rings. The monoisotopic (exact) mass is 400 g/mol. The third-order valence-corrected chi connectivity index (χ3v) is 4.18. The highest BCUT2D eigenvalue weighted by Crippen LogP contribution is 2.18. The van der Waals surface area contributed by atoms with Crippen LogP contribution < -0.4 is 21.1 Å². The van der Waals surface area contributed by atoms with Gasteiger partial charge in [0.1, 0.15) is 5.75 Å². The average Bonchev–Trinajstić information content (AvgIpc) is 2.68. The molecule has 8 nitrogen and oxygen atoms in total. The molecule has 0 saturated heterocycles. The van der Waals surface area contributed by atoms with Crippen LogP contribution in [0.25, 0.3) is 10.8 Å². The lowest BCUT2D eigenvalue weighted by Crippen LogP contribution is -2.47. The van der Waals surface area contributed by atoms with Crippen molar-refractivity contribution in [1.82, 2.24) is 20.6 Å². The third kappa shape index (κ3) is 4.12. The minimum atomic E-state index is -0.886. The SMILES string of the molecule is C[C@H](Oc1cccc(Cl)c1)C(=O)NNC(=O)c1nn(C)c(=O)c2ccccc12. The van der Waals surface area contributed by atoms with Gasteiger partial charge in [0.25, 0.3) is 17.4 Å². The molecule has 1 heterocycles. The maximum absolute atomic E-state index is 12.5. The Morgan fingerprint density at radius 2 is 1.82 bits per heavy atom. The number of hydrazine groups is 1. The van der Waals surface area contributed by atoms with Gasteiger partial charge in [0.2, 0.25) is 0 Å². The number of benzene rings is 2. The molecule has 2 N–H and O–H groups in total. The highest BCUT2D eigenvalue weighted by Gasteiger charge is 2.19. The number of hydrogen-bond acceptors (Lipinski definition) is 5. The van der Waals surface area contributed by atoms with Gasteiger partial charge in [-0.3, -0.25) is 25.2 Å². The van der Waals surface area contributed by atoms with Crippen molar-refractivity contribution in [3.05, 3.63) is 69.6 Å². The van der Waals surface area contributed by atoms with E-state index >= 15 is 0 Å². The highest BCUT2D eigenvalue weighted by molar-refractivity contribution is 6.30. The molecule has 2 amide bonds. The standard InChI is InChI=1S/C19H17ClN4O4/c1-11(28-13-7-5-6-12(20)10-13)17(25)21-22-18(26)16-14-8-3-4-9-15(14)19(27)24(2)23-16/h3-11H,1-2H3,(H,21,25)(H,22,26)/t11-/m0/s1. The van der Waals surface area contributed by atoms with Crippen molar-refractivity contribution in [3.63, 3.8) is 0 Å². The first-order valence-corrected chi connectivity index (χ1v) is 8.73. The number of halogens is 1. The first-order valence-electron chi connectivity index (χ1n) is 8.35. The molecule has 9 heteroatoms. The molecule has 0 aliphatic heterocycles. The van der Waals surface area contributed by atoms with Crippen LogP contribution in [0.2, 0.25) is 5.02 Å². The van der Waals surface area contributed by atoms with Crippen LogP contribution >= 0.6 is 11.6 Å². The van der Waals surface area contributed by atoms with Gasteiger partial charge in [-0.2, -0.15) is 5.10 Å². The number of carbonyl (C=O) groups is 2. The minimum Gasteiger partial charge on any atom is -0.481 e. The second kappa shape index (κ2) is 8.10. The quantitative estimate of drug-likeness (QED) is 0.650. The third-order valence-electron chi connectivity index (χ3n) is 3.95. The average molecular weight is 401 g/mol. The van der Waals surface area contributed by atoms with Crippen LogP contribution in [-0.2, 0) is 11.8 Å². The van der Waals surface area contributed by atoms with Crippen LogP contribution in [0, 0.1) is 0 Å². The van der Waals surface area contributed by atoms with Gasteiger partial charge in [0.15, 0.2) is 11.8 Å². The van der Waals surface area contributed by atoms with Crippen LogP contribution in [0.5, 0.6) is 5.75 Å². The van der Waals surface area contributed by atoms with E-state index in [0.29, 0.717) is 21.5 Å². The number of nitrogens with zero attached hydrogens (tertiary/aromatic N) is 2. The van der Waals surface area contributed by atoms with Gasteiger partial charge in [0.05, 0.1) is 5.39 Å². The number of ether oxygens (including phenoxy) is 1. The molecule has 3 rings (SSSR count). The predicted molar refractivity (Wildman–Crippen MR) is 104 cm³/mol. The van der Waals surface area contributed by atoms with E-state index in [1.807, 2.05) is 0 Å². The van der Waals surface area contributed by atoms with Crippen LogP contribution in [0.1, 0.15) is 17.4 Å². The maximum Gasteiger partial charge on any atom is 0.290 e. The van der Waals surface area contributed by atoms with Gasteiger partial charge in [-0.25, -0.2) is 4.68 Å². The smallest absolute Gasteiger partial charge is 0.290 e. The molecule has 0 aliphatic rings. The lowest BCUT2D eigenvalue weighted by Gasteiger charge is -2.15. The Hall–Kier alpha value is -3.39. The fraction of sp³-hybridized carbons (Fsp3) is 0.158. The summed E-state index contributed by atoms with van der Waals surface area (Å²) in [5.74, 6) is -0.801. The van der Waals surface area contributed by atoms with Gasteiger partial charge in [-0.15, -0.1) is 0 Å². The first-order chi connectivity index (χ1) is 13.4. The largest absolute Gasteiger partial charge is 0.481 e. The van der Waals surface area contributed by atoms with Gasteiger partial charge in [-0.1, -0.05) is 35.9 Å². The van der Waals surface area contributed by atoms with Crippen molar-refractivity contribution < 1.29 is 14.3 Å². The lowest BCUT2D eigenvalue weighted by molar-refractivity contribution is -0.128. The summed E-state index contributed by atoms with van der Waals surface area (Å²) in [6.45, 7) is 1.53. The van der Waals surface area contributed by atoms with Gasteiger partial charge >= 0.3 is 0 Å². The van der Waals surface area contributed by atoms with Crippen LogP contribution in [0.3, 0.4) is 0 Å². The fourth-order valence-electron chi connectivity index (χ4n) is 2.54. The molecule has 0 spiro atoms. The maximum atomic E-state index is 12.5. The van der Waals surface area contributed by atoms with Crippen molar-refractivity contribution in [1.29, 1.82) is 0 Å². The molecule has 1 atom stereocenters. The van der Waals surface area contributed by atoms with Crippen LogP contribution in [0.15, 0.2) is 53.3 Å². The molecule has 0 unspecified atom stereocenters. The molecule has 0 fully saturated rings. The van der Waals surface area contributed by atoms with Crippen LogP contribution in [-0.4, -0.2) is 27.7 Å². The first kappa shape index (κ1) is 19.4. The molecule has 0 aliphatic carbocycles. The van der Waals surface area contributed by atoms with Gasteiger partial charge in [0, 0.05) is 17.5 Å². The number of aryl methyl sites for hydroxylation is 1. The van der Waals surface area contributed by atoms with Crippen molar-refractivity contribution in [2.45, 2.75) is 13.0 Å². The highest BCUT2D eigenvalue weighted by atomic mass is 35.5. The summed E-state index contributed by atoms with van der Waals surface area (Å²) in [6, 6.07) is 13.2. The van der Waals surface area contributed by atoms with E-state index in [2.05, 4.69) is 16.0 Å². The molecule has 1 aromatic heterocycles. The summed E-state index contributed by atoms with van der Waals surface area (Å²) in [7, 11) is 1.45. The van der Waals surface area contributed by atoms with Crippen molar-refractivity contribution in [2.75, 3.05) is 0 Å². The molecular weight excluding hydrogens is 384 g/mol. The van der Waals surface area contributed by atoms with E-state index < -0.39 is 17.9 Å². The number of hydrogen-bond donors (Lipinski definition) is 2. The number of fused-ring (bicyclic) bond motifs is 1. The van der Waals surface area contributed by atoms with E-state index in [1.165, 1.54) is 14.0 Å². The van der Waals surface area contributed by atoms with E-state index in [9.17, 15) is 14.4 Å². The zero-order chi connectivity index (χ0) is 20.3. The number of aromatic nitrogens is 2. The van der Waals surface area contributed by atoms with E-state index in [0.717, 1.165) is 4.68 Å². The van der Waals surface area contributed by atoms with Gasteiger partial charge in [-0.05, 0) is 31.2 Å². The van der Waals surface area contributed by atoms with Crippen molar-refractivity contribution in [2.24, 2.45) is 7.05 Å². The lowest BCUT2D eigenvalue weighted by atomic mass is 10.1. The second-order valence-corrected chi connectivity index (χ2v) is 6.42. The zero-order valence-corrected chi connectivity index (χ0v) is 15.9. The Balaban J connectivity index is 1.70. The fourth-order valence-corrected chi connectivity index (χ4v) is 2.72. The van der Waals surface area contributed by atoms with Crippen molar-refractivity contribution in [3.8, 4) is 5.75 Å². The molecule has 144 valence electrons. The normalized spacial score (nSPS) is 11.7. The Morgan fingerprint density at radius 1 is 1.11 bits per heavy atom. The molecule has 0 bridgehead atoms. The summed E-state index contributed by atoms with van der Waals surface area (Å²) >= 11 is 5.88. The number of amides is 2. The topological polar surface area (TPSA) is 102 Å². The molecule has 28 heavy (non-hydrogen) atoms. The Morgan fingerprint density at radius 3 is 2.54 bits per heavy atom. The van der Waals surface area contributed by atoms with Gasteiger partial charge < -0.3 is 4.74 Å². The Kier molecular flexibility index (Phi) is 5.60. The van der Waals surface area contributed by atoms with E-state index in [-0.39, 0.29) is 11.3 Å². The van der Waals surface area contributed by atoms with Crippen LogP contribution in [0.4, 0.5) is 0 Å². The number of carbonyl (C=O) groups excluding carboxylic acids is 2. The second-order valence-electron chi connectivity index (χ2n) is 5.98. The molecule has 0 radical (unpaired) electrons. The summed E-state index contributed by atoms with van der Waals surface area (Å²) in [5.41, 5.74) is 4.28.